The third-order valence-corrected chi connectivity index (χ3v) is 4.86. The molecule has 1 N–H and O–H groups in total. The van der Waals surface area contributed by atoms with Gasteiger partial charge in [-0.2, -0.15) is 0 Å². The number of aliphatic carboxylic acids is 1. The van der Waals surface area contributed by atoms with Crippen LogP contribution in [0.2, 0.25) is 0 Å². The molecule has 2 heterocycles. The Morgan fingerprint density at radius 1 is 1.30 bits per heavy atom. The second-order valence-corrected chi connectivity index (χ2v) is 6.09. The van der Waals surface area contributed by atoms with Crippen LogP contribution in [0.3, 0.4) is 0 Å². The quantitative estimate of drug-likeness (QED) is 0.819. The first-order chi connectivity index (χ1) is 9.41. The molecule has 6 nitrogen and oxygen atoms in total. The number of hydrogen-bond acceptors (Lipinski definition) is 3. The number of likely N-dealkylation sites (tertiary alicyclic amines) is 2. The summed E-state index contributed by atoms with van der Waals surface area (Å²) in [6.07, 6.45) is 3.33. The highest BCUT2D eigenvalue weighted by Crippen LogP contribution is 2.29. The summed E-state index contributed by atoms with van der Waals surface area (Å²) < 4.78 is 0. The van der Waals surface area contributed by atoms with E-state index in [1.165, 1.54) is 11.3 Å². The first-order valence-corrected chi connectivity index (χ1v) is 7.36. The molecule has 2 saturated heterocycles. The molecule has 0 saturated carbocycles. The van der Waals surface area contributed by atoms with Gasteiger partial charge in [0.15, 0.2) is 0 Å². The van der Waals surface area contributed by atoms with Gasteiger partial charge < -0.3 is 19.8 Å². The van der Waals surface area contributed by atoms with Crippen LogP contribution in [0.25, 0.3) is 0 Å². The number of rotatable bonds is 2. The first-order valence-electron chi connectivity index (χ1n) is 7.36. The average molecular weight is 283 g/mol. The molecule has 0 aromatic rings. The van der Waals surface area contributed by atoms with Gasteiger partial charge in [0, 0.05) is 26.2 Å². The smallest absolute Gasteiger partial charge is 0.326 e. The van der Waals surface area contributed by atoms with Gasteiger partial charge in [-0.3, -0.25) is 0 Å². The second-order valence-electron chi connectivity index (χ2n) is 6.09. The largest absolute Gasteiger partial charge is 0.480 e. The summed E-state index contributed by atoms with van der Waals surface area (Å²) >= 11 is 0. The summed E-state index contributed by atoms with van der Waals surface area (Å²) in [7, 11) is 3.73. The van der Waals surface area contributed by atoms with Crippen molar-refractivity contribution < 1.29 is 14.7 Å². The standard InChI is InChI=1S/C14H25N3O3/c1-10(13(18)19)16(3)14(20)17-8-6-12-11(9-17)5-4-7-15(12)2/h10-12H,4-9H2,1-3H3,(H,18,19). The van der Waals surface area contributed by atoms with Crippen LogP contribution in [0.5, 0.6) is 0 Å². The lowest BCUT2D eigenvalue weighted by molar-refractivity contribution is -0.141. The lowest BCUT2D eigenvalue weighted by atomic mass is 9.84. The van der Waals surface area contributed by atoms with Gasteiger partial charge in [-0.05, 0) is 45.7 Å². The van der Waals surface area contributed by atoms with E-state index in [1.807, 2.05) is 4.90 Å². The average Bonchev–Trinajstić information content (AvgIpc) is 2.44. The van der Waals surface area contributed by atoms with E-state index in [0.29, 0.717) is 12.0 Å². The number of amides is 2. The highest BCUT2D eigenvalue weighted by Gasteiger charge is 2.37. The van der Waals surface area contributed by atoms with Crippen LogP contribution in [0.4, 0.5) is 4.79 Å². The van der Waals surface area contributed by atoms with Crippen molar-refractivity contribution in [3.63, 3.8) is 0 Å². The van der Waals surface area contributed by atoms with E-state index in [1.54, 1.807) is 14.0 Å². The molecule has 3 atom stereocenters. The summed E-state index contributed by atoms with van der Waals surface area (Å²) in [5.74, 6) is -0.437. The normalized spacial score (nSPS) is 28.6. The Hall–Kier alpha value is -1.30. The number of nitrogens with zero attached hydrogens (tertiary/aromatic N) is 3. The van der Waals surface area contributed by atoms with E-state index in [-0.39, 0.29) is 6.03 Å². The molecule has 3 unspecified atom stereocenters. The molecule has 2 aliphatic rings. The molecule has 0 aromatic heterocycles. The van der Waals surface area contributed by atoms with Gasteiger partial charge in [0.25, 0.3) is 0 Å². The molecule has 2 fully saturated rings. The van der Waals surface area contributed by atoms with E-state index in [2.05, 4.69) is 11.9 Å². The molecule has 6 heteroatoms. The fourth-order valence-corrected chi connectivity index (χ4v) is 3.38. The maximum Gasteiger partial charge on any atom is 0.326 e. The van der Waals surface area contributed by atoms with Gasteiger partial charge in [-0.1, -0.05) is 0 Å². The zero-order valence-electron chi connectivity index (χ0n) is 12.6. The zero-order valence-corrected chi connectivity index (χ0v) is 12.6. The van der Waals surface area contributed by atoms with Crippen LogP contribution >= 0.6 is 0 Å². The summed E-state index contributed by atoms with van der Waals surface area (Å²) in [4.78, 5) is 28.9. The first kappa shape index (κ1) is 15.1. The second kappa shape index (κ2) is 5.99. The number of carboxylic acid groups (broad SMARTS) is 1. The molecule has 114 valence electrons. The lowest BCUT2D eigenvalue weighted by Crippen LogP contribution is -2.57. The van der Waals surface area contributed by atoms with Crippen molar-refractivity contribution in [2.24, 2.45) is 5.92 Å². The topological polar surface area (TPSA) is 64.1 Å². The fourth-order valence-electron chi connectivity index (χ4n) is 3.38. The van der Waals surface area contributed by atoms with Crippen molar-refractivity contribution in [1.82, 2.24) is 14.7 Å². The SMILES string of the molecule is CC(C(=O)O)N(C)C(=O)N1CCC2C(CCCN2C)C1. The van der Waals surface area contributed by atoms with Gasteiger partial charge >= 0.3 is 12.0 Å². The summed E-state index contributed by atoms with van der Waals surface area (Å²) in [6, 6.07) is -0.365. The Kier molecular flexibility index (Phi) is 4.52. The number of piperidine rings is 2. The molecule has 0 spiro atoms. The molecule has 0 aliphatic carbocycles. The van der Waals surface area contributed by atoms with E-state index < -0.39 is 12.0 Å². The summed E-state index contributed by atoms with van der Waals surface area (Å²) in [5.41, 5.74) is 0. The Bertz CT molecular complexity index is 388. The maximum absolute atomic E-state index is 12.4. The Morgan fingerprint density at radius 2 is 2.00 bits per heavy atom. The molecular weight excluding hydrogens is 258 g/mol. The molecule has 0 aromatic carbocycles. The van der Waals surface area contributed by atoms with Crippen molar-refractivity contribution in [2.75, 3.05) is 33.7 Å². The lowest BCUT2D eigenvalue weighted by Gasteiger charge is -2.46. The Morgan fingerprint density at radius 3 is 2.65 bits per heavy atom. The Labute approximate surface area is 120 Å². The summed E-state index contributed by atoms with van der Waals surface area (Å²) in [6.45, 7) is 4.16. The highest BCUT2D eigenvalue weighted by molar-refractivity contribution is 5.82. The van der Waals surface area contributed by atoms with Crippen molar-refractivity contribution in [3.05, 3.63) is 0 Å². The van der Waals surface area contributed by atoms with Crippen LogP contribution in [0.1, 0.15) is 26.2 Å². The third-order valence-electron chi connectivity index (χ3n) is 4.86. The number of likely N-dealkylation sites (N-methyl/N-ethyl adjacent to an activating group) is 1. The monoisotopic (exact) mass is 283 g/mol. The molecule has 0 bridgehead atoms. The van der Waals surface area contributed by atoms with Gasteiger partial charge in [0.05, 0.1) is 0 Å². The highest BCUT2D eigenvalue weighted by atomic mass is 16.4. The van der Waals surface area contributed by atoms with Crippen molar-refractivity contribution in [3.8, 4) is 0 Å². The number of urea groups is 1. The number of carboxylic acids is 1. The molecule has 2 rings (SSSR count). The molecule has 0 radical (unpaired) electrons. The van der Waals surface area contributed by atoms with Crippen LogP contribution in [-0.2, 0) is 4.79 Å². The Balaban J connectivity index is 1.97. The molecular formula is C14H25N3O3. The predicted octanol–water partition coefficient (Wildman–Crippen LogP) is 0.927. The number of carbonyl (C=O) groups excluding carboxylic acids is 1. The van der Waals surface area contributed by atoms with E-state index >= 15 is 0 Å². The van der Waals surface area contributed by atoms with Crippen molar-refractivity contribution in [1.29, 1.82) is 0 Å². The molecule has 2 aliphatic heterocycles. The zero-order chi connectivity index (χ0) is 14.9. The van der Waals surface area contributed by atoms with Gasteiger partial charge in [0.1, 0.15) is 6.04 Å². The summed E-state index contributed by atoms with van der Waals surface area (Å²) in [5, 5.41) is 9.00. The minimum atomic E-state index is -0.965. The van der Waals surface area contributed by atoms with Gasteiger partial charge in [-0.25, -0.2) is 9.59 Å². The van der Waals surface area contributed by atoms with Crippen molar-refractivity contribution in [2.45, 2.75) is 38.3 Å². The van der Waals surface area contributed by atoms with Crippen molar-refractivity contribution >= 4 is 12.0 Å². The van der Waals surface area contributed by atoms with Crippen LogP contribution in [0, 0.1) is 5.92 Å². The van der Waals surface area contributed by atoms with Gasteiger partial charge in [-0.15, -0.1) is 0 Å². The number of carbonyl (C=O) groups is 2. The van der Waals surface area contributed by atoms with Gasteiger partial charge in [0.2, 0.25) is 0 Å². The molecule has 2 amide bonds. The van der Waals surface area contributed by atoms with E-state index in [9.17, 15) is 9.59 Å². The van der Waals surface area contributed by atoms with Crippen LogP contribution < -0.4 is 0 Å². The van der Waals surface area contributed by atoms with E-state index in [0.717, 1.165) is 32.5 Å². The van der Waals surface area contributed by atoms with E-state index in [4.69, 9.17) is 5.11 Å². The number of fused-ring (bicyclic) bond motifs is 1. The third kappa shape index (κ3) is 2.90. The molecule has 20 heavy (non-hydrogen) atoms. The predicted molar refractivity (Wildman–Crippen MR) is 75.6 cm³/mol. The fraction of sp³-hybridized carbons (Fsp3) is 0.857. The minimum Gasteiger partial charge on any atom is -0.480 e. The van der Waals surface area contributed by atoms with Crippen LogP contribution in [-0.4, -0.2) is 77.6 Å². The minimum absolute atomic E-state index is 0.161. The van der Waals surface area contributed by atoms with Crippen LogP contribution in [0.15, 0.2) is 0 Å². The maximum atomic E-state index is 12.4. The number of hydrogen-bond donors (Lipinski definition) is 1.